The molecule has 8 heteroatoms. The summed E-state index contributed by atoms with van der Waals surface area (Å²) in [6.45, 7) is 2.73. The van der Waals surface area contributed by atoms with Gasteiger partial charge in [0.2, 0.25) is 5.78 Å². The van der Waals surface area contributed by atoms with Crippen LogP contribution < -0.4 is 14.2 Å². The number of aliphatic hydroxyl groups excluding tert-OH is 1. The lowest BCUT2D eigenvalue weighted by Crippen LogP contribution is -2.30. The largest absolute Gasteiger partial charge is 0.503 e. The molecule has 222 valence electrons. The summed E-state index contributed by atoms with van der Waals surface area (Å²) in [4.78, 5) is 29.2. The highest BCUT2D eigenvalue weighted by Gasteiger charge is 2.45. The summed E-state index contributed by atoms with van der Waals surface area (Å²) in [5.41, 5.74) is 2.74. The van der Waals surface area contributed by atoms with Crippen LogP contribution in [0, 0.1) is 0 Å². The van der Waals surface area contributed by atoms with Gasteiger partial charge >= 0.3 is 0 Å². The molecule has 4 aromatic carbocycles. The third-order valence-corrected chi connectivity index (χ3v) is 7.52. The predicted molar refractivity (Wildman–Crippen MR) is 165 cm³/mol. The molecule has 1 aliphatic rings. The zero-order chi connectivity index (χ0) is 30.6. The van der Waals surface area contributed by atoms with E-state index < -0.39 is 23.5 Å². The van der Waals surface area contributed by atoms with Gasteiger partial charge in [0.15, 0.2) is 34.4 Å². The lowest BCUT2D eigenvalue weighted by Gasteiger charge is -2.27. The Bertz CT molecular complexity index is 1840. The highest BCUT2D eigenvalue weighted by molar-refractivity contribution is 6.16. The van der Waals surface area contributed by atoms with E-state index in [0.29, 0.717) is 47.0 Å². The van der Waals surface area contributed by atoms with Crippen LogP contribution in [0.5, 0.6) is 17.2 Å². The van der Waals surface area contributed by atoms with Gasteiger partial charge in [-0.3, -0.25) is 9.59 Å². The molecule has 44 heavy (non-hydrogen) atoms. The van der Waals surface area contributed by atoms with Crippen molar-refractivity contribution >= 4 is 22.7 Å². The summed E-state index contributed by atoms with van der Waals surface area (Å²) in [6, 6.07) is 30.5. The molecule has 5 aromatic rings. The van der Waals surface area contributed by atoms with Crippen LogP contribution in [0.15, 0.2) is 119 Å². The average molecular weight is 590 g/mol. The van der Waals surface area contributed by atoms with Gasteiger partial charge in [-0.15, -0.1) is 0 Å². The number of methoxy groups -OCH3 is 1. The highest BCUT2D eigenvalue weighted by Crippen LogP contribution is 2.43. The molecule has 1 unspecified atom stereocenters. The lowest BCUT2D eigenvalue weighted by molar-refractivity contribution is -0.130. The number of benzene rings is 4. The first-order valence-corrected chi connectivity index (χ1v) is 14.3. The summed E-state index contributed by atoms with van der Waals surface area (Å²) in [6.07, 6.45) is 0. The molecule has 1 N–H and O–H groups in total. The number of carbonyl (C=O) groups excluding carboxylic acids is 2. The molecule has 0 aliphatic carbocycles. The van der Waals surface area contributed by atoms with Crippen molar-refractivity contribution < 1.29 is 33.3 Å². The summed E-state index contributed by atoms with van der Waals surface area (Å²) < 4.78 is 23.4. The predicted octanol–water partition coefficient (Wildman–Crippen LogP) is 7.20. The summed E-state index contributed by atoms with van der Waals surface area (Å²) in [5, 5.41) is 11.9. The standard InChI is InChI=1S/C36H31NO7/c1-3-42-29-19-25(17-18-27(29)43-22-24-13-8-5-9-14-24)32-31(34(39)36(40)37(32)21-23-11-6-4-7-12-23)33(38)30-20-26-15-10-16-28(41-2)35(26)44-30/h4-20,32,39H,3,21-22H2,1-2H3. The summed E-state index contributed by atoms with van der Waals surface area (Å²) >= 11 is 0. The van der Waals surface area contributed by atoms with Crippen LogP contribution in [0.4, 0.5) is 0 Å². The van der Waals surface area contributed by atoms with E-state index in [-0.39, 0.29) is 17.9 Å². The third-order valence-electron chi connectivity index (χ3n) is 7.52. The van der Waals surface area contributed by atoms with Crippen LogP contribution in [-0.2, 0) is 17.9 Å². The number of hydrogen-bond acceptors (Lipinski definition) is 7. The van der Waals surface area contributed by atoms with Gasteiger partial charge in [0.1, 0.15) is 6.61 Å². The van der Waals surface area contributed by atoms with Crippen LogP contribution in [0.25, 0.3) is 11.0 Å². The number of ketones is 1. The molecule has 6 rings (SSSR count). The lowest BCUT2D eigenvalue weighted by atomic mass is 9.94. The fraction of sp³-hybridized carbons (Fsp3) is 0.167. The maximum Gasteiger partial charge on any atom is 0.290 e. The van der Waals surface area contributed by atoms with E-state index in [0.717, 1.165) is 11.1 Å². The first-order valence-electron chi connectivity index (χ1n) is 14.3. The second-order valence-corrected chi connectivity index (χ2v) is 10.3. The van der Waals surface area contributed by atoms with Gasteiger partial charge in [0.25, 0.3) is 5.91 Å². The molecular weight excluding hydrogens is 558 g/mol. The number of fused-ring (bicyclic) bond motifs is 1. The third kappa shape index (κ3) is 5.49. The fourth-order valence-electron chi connectivity index (χ4n) is 5.43. The van der Waals surface area contributed by atoms with Crippen LogP contribution in [0.3, 0.4) is 0 Å². The quantitative estimate of drug-likeness (QED) is 0.163. The van der Waals surface area contributed by atoms with Crippen LogP contribution in [-0.4, -0.2) is 35.4 Å². The number of nitrogens with zero attached hydrogens (tertiary/aromatic N) is 1. The van der Waals surface area contributed by atoms with Crippen molar-refractivity contribution in [1.29, 1.82) is 0 Å². The topological polar surface area (TPSA) is 98.4 Å². The Morgan fingerprint density at radius 1 is 0.841 bits per heavy atom. The first-order chi connectivity index (χ1) is 21.5. The van der Waals surface area contributed by atoms with Crippen molar-refractivity contribution in [2.75, 3.05) is 13.7 Å². The van der Waals surface area contributed by atoms with E-state index in [1.807, 2.05) is 67.6 Å². The average Bonchev–Trinajstić information content (AvgIpc) is 3.60. The number of Topliss-reactive ketones (excluding diaryl/α,β-unsaturated/α-hetero) is 1. The number of aliphatic hydroxyl groups is 1. The minimum atomic E-state index is -0.923. The molecule has 2 heterocycles. The number of furan rings is 1. The maximum atomic E-state index is 14.1. The van der Waals surface area contributed by atoms with Crippen molar-refractivity contribution in [3.05, 3.63) is 137 Å². The van der Waals surface area contributed by atoms with Gasteiger partial charge in [-0.1, -0.05) is 78.9 Å². The molecule has 0 saturated heterocycles. The number of hydrogen-bond donors (Lipinski definition) is 1. The normalized spacial score (nSPS) is 14.7. The number of carbonyl (C=O) groups is 2. The van der Waals surface area contributed by atoms with E-state index in [2.05, 4.69) is 0 Å². The van der Waals surface area contributed by atoms with Gasteiger partial charge in [-0.25, -0.2) is 0 Å². The van der Waals surface area contributed by atoms with Crippen molar-refractivity contribution in [3.8, 4) is 17.2 Å². The van der Waals surface area contributed by atoms with Crippen molar-refractivity contribution in [1.82, 2.24) is 4.90 Å². The first kappa shape index (κ1) is 28.6. The number of rotatable bonds is 11. The van der Waals surface area contributed by atoms with Crippen LogP contribution in [0.2, 0.25) is 0 Å². The molecule has 0 saturated carbocycles. The van der Waals surface area contributed by atoms with Crippen molar-refractivity contribution in [2.45, 2.75) is 26.1 Å². The minimum Gasteiger partial charge on any atom is -0.503 e. The smallest absolute Gasteiger partial charge is 0.290 e. The summed E-state index contributed by atoms with van der Waals surface area (Å²) in [5.74, 6) is -0.445. The zero-order valence-corrected chi connectivity index (χ0v) is 24.4. The molecule has 0 spiro atoms. The highest BCUT2D eigenvalue weighted by atomic mass is 16.5. The number of amides is 1. The molecule has 0 radical (unpaired) electrons. The maximum absolute atomic E-state index is 14.1. The molecular formula is C36H31NO7. The van der Waals surface area contributed by atoms with E-state index in [1.165, 1.54) is 12.0 Å². The van der Waals surface area contributed by atoms with Gasteiger partial charge in [0, 0.05) is 11.9 Å². The second kappa shape index (κ2) is 12.4. The molecule has 1 aliphatic heterocycles. The SMILES string of the molecule is CCOc1cc(C2C(C(=O)c3cc4cccc(OC)c4o3)=C(O)C(=O)N2Cc2ccccc2)ccc1OCc1ccccc1. The zero-order valence-electron chi connectivity index (χ0n) is 24.4. The Labute approximate surface area is 254 Å². The molecule has 0 fully saturated rings. The van der Waals surface area contributed by atoms with Gasteiger partial charge in [-0.05, 0) is 47.9 Å². The number of para-hydroxylation sites is 1. The van der Waals surface area contributed by atoms with Crippen LogP contribution in [0.1, 0.15) is 40.2 Å². The Morgan fingerprint density at radius 3 is 2.27 bits per heavy atom. The van der Waals surface area contributed by atoms with E-state index in [4.69, 9.17) is 18.6 Å². The van der Waals surface area contributed by atoms with Crippen LogP contribution >= 0.6 is 0 Å². The van der Waals surface area contributed by atoms with E-state index >= 15 is 0 Å². The van der Waals surface area contributed by atoms with E-state index in [9.17, 15) is 14.7 Å². The Morgan fingerprint density at radius 2 is 1.57 bits per heavy atom. The Kier molecular flexibility index (Phi) is 8.06. The monoisotopic (exact) mass is 589 g/mol. The molecule has 1 amide bonds. The van der Waals surface area contributed by atoms with Crippen molar-refractivity contribution in [3.63, 3.8) is 0 Å². The molecule has 1 aromatic heterocycles. The fourth-order valence-corrected chi connectivity index (χ4v) is 5.43. The minimum absolute atomic E-state index is 0.0155. The Hall–Kier alpha value is -5.50. The molecule has 1 atom stereocenters. The summed E-state index contributed by atoms with van der Waals surface area (Å²) in [7, 11) is 1.52. The Balaban J connectivity index is 1.41. The molecule has 8 nitrogen and oxygen atoms in total. The van der Waals surface area contributed by atoms with Gasteiger partial charge in [-0.2, -0.15) is 0 Å². The molecule has 0 bridgehead atoms. The second-order valence-electron chi connectivity index (χ2n) is 10.3. The van der Waals surface area contributed by atoms with Crippen molar-refractivity contribution in [2.24, 2.45) is 0 Å². The number of ether oxygens (including phenoxy) is 3. The van der Waals surface area contributed by atoms with Gasteiger partial charge in [0.05, 0.1) is 25.3 Å². The van der Waals surface area contributed by atoms with E-state index in [1.54, 1.807) is 42.5 Å². The van der Waals surface area contributed by atoms with Gasteiger partial charge < -0.3 is 28.6 Å².